The second-order valence-electron chi connectivity index (χ2n) is 12.1. The molecule has 0 bridgehead atoms. The van der Waals surface area contributed by atoms with Crippen LogP contribution in [-0.4, -0.2) is 64.2 Å². The number of ether oxygens (including phenoxy) is 2. The average Bonchev–Trinajstić information content (AvgIpc) is 3.54. The van der Waals surface area contributed by atoms with Gasteiger partial charge in [-0.05, 0) is 85.9 Å². The van der Waals surface area contributed by atoms with E-state index in [0.29, 0.717) is 25.6 Å². The number of likely N-dealkylation sites (tertiary alicyclic amines) is 1. The van der Waals surface area contributed by atoms with Gasteiger partial charge in [0.1, 0.15) is 17.9 Å². The van der Waals surface area contributed by atoms with E-state index in [1.807, 2.05) is 43.0 Å². The molecule has 0 spiro atoms. The molecule has 0 radical (unpaired) electrons. The van der Waals surface area contributed by atoms with E-state index in [4.69, 9.17) is 14.5 Å². The van der Waals surface area contributed by atoms with Crippen molar-refractivity contribution in [3.63, 3.8) is 0 Å². The first-order valence-electron chi connectivity index (χ1n) is 13.9. The molecule has 5 rings (SSSR count). The van der Waals surface area contributed by atoms with E-state index in [1.165, 1.54) is 11.1 Å². The fourth-order valence-electron chi connectivity index (χ4n) is 5.88. The summed E-state index contributed by atoms with van der Waals surface area (Å²) in [7, 11) is 1.55. The minimum absolute atomic E-state index is 0.0167. The van der Waals surface area contributed by atoms with Crippen molar-refractivity contribution in [2.75, 3.05) is 26.8 Å². The highest BCUT2D eigenvalue weighted by Gasteiger charge is 2.36. The van der Waals surface area contributed by atoms with Gasteiger partial charge in [0, 0.05) is 50.1 Å². The summed E-state index contributed by atoms with van der Waals surface area (Å²) >= 11 is 0. The van der Waals surface area contributed by atoms with Crippen LogP contribution in [-0.2, 0) is 27.2 Å². The van der Waals surface area contributed by atoms with Crippen LogP contribution in [0.4, 0.5) is 4.79 Å². The lowest BCUT2D eigenvalue weighted by atomic mass is 9.86. The number of carbonyl (C=O) groups is 2. The van der Waals surface area contributed by atoms with Crippen LogP contribution >= 0.6 is 0 Å². The molecular formula is C31H40N4O4. The molecule has 3 aromatic rings. The summed E-state index contributed by atoms with van der Waals surface area (Å²) < 4.78 is 10.9. The molecule has 1 N–H and O–H groups in total. The molecule has 39 heavy (non-hydrogen) atoms. The monoisotopic (exact) mass is 532 g/mol. The summed E-state index contributed by atoms with van der Waals surface area (Å²) in [4.78, 5) is 37.8. The molecule has 4 heterocycles. The average molecular weight is 533 g/mol. The van der Waals surface area contributed by atoms with Crippen LogP contribution in [0, 0.1) is 0 Å². The Kier molecular flexibility index (Phi) is 7.42. The summed E-state index contributed by atoms with van der Waals surface area (Å²) in [6, 6.07) is 6.56. The van der Waals surface area contributed by atoms with Crippen molar-refractivity contribution < 1.29 is 19.1 Å². The lowest BCUT2D eigenvalue weighted by Crippen LogP contribution is -2.40. The molecule has 2 aromatic heterocycles. The Bertz CT molecular complexity index is 1390. The highest BCUT2D eigenvalue weighted by Crippen LogP contribution is 2.40. The van der Waals surface area contributed by atoms with Crippen LogP contribution in [0.3, 0.4) is 0 Å². The molecule has 8 heteroatoms. The fraction of sp³-hybridized carbons (Fsp3) is 0.516. The molecule has 1 fully saturated rings. The quantitative estimate of drug-likeness (QED) is 0.438. The van der Waals surface area contributed by atoms with Crippen LogP contribution in [0.25, 0.3) is 22.2 Å². The first kappa shape index (κ1) is 27.2. The number of methoxy groups -OCH3 is 1. The molecule has 2 aliphatic heterocycles. The molecule has 2 aliphatic rings. The van der Waals surface area contributed by atoms with Crippen LogP contribution in [0.5, 0.6) is 0 Å². The van der Waals surface area contributed by atoms with E-state index in [2.05, 4.69) is 37.0 Å². The van der Waals surface area contributed by atoms with Gasteiger partial charge < -0.3 is 24.3 Å². The fourth-order valence-corrected chi connectivity index (χ4v) is 5.88. The van der Waals surface area contributed by atoms with E-state index >= 15 is 0 Å². The van der Waals surface area contributed by atoms with Crippen LogP contribution in [0.15, 0.2) is 30.6 Å². The first-order valence-corrected chi connectivity index (χ1v) is 13.9. The molecule has 0 aliphatic carbocycles. The Labute approximate surface area is 230 Å². The molecule has 208 valence electrons. The summed E-state index contributed by atoms with van der Waals surface area (Å²) in [6.07, 6.45) is 6.20. The molecule has 2 amide bonds. The molecule has 1 aromatic carbocycles. The highest BCUT2D eigenvalue weighted by atomic mass is 16.6. The number of nitrogens with one attached hydrogen (secondary N) is 1. The van der Waals surface area contributed by atoms with Gasteiger partial charge in [0.2, 0.25) is 5.91 Å². The number of amides is 2. The van der Waals surface area contributed by atoms with Crippen molar-refractivity contribution in [1.82, 2.24) is 19.8 Å². The zero-order valence-electron chi connectivity index (χ0n) is 24.0. The number of aromatic nitrogens is 2. The van der Waals surface area contributed by atoms with Crippen LogP contribution in [0.2, 0.25) is 0 Å². The maximum absolute atomic E-state index is 13.3. The Balaban J connectivity index is 1.60. The van der Waals surface area contributed by atoms with Crippen molar-refractivity contribution in [3.05, 3.63) is 52.8 Å². The molecular weight excluding hydrogens is 492 g/mol. The van der Waals surface area contributed by atoms with E-state index in [0.717, 1.165) is 52.5 Å². The Morgan fingerprint density at radius 1 is 1.15 bits per heavy atom. The summed E-state index contributed by atoms with van der Waals surface area (Å²) in [5.41, 5.74) is 7.15. The van der Waals surface area contributed by atoms with Gasteiger partial charge in [0.15, 0.2) is 0 Å². The second-order valence-corrected chi connectivity index (χ2v) is 12.1. The van der Waals surface area contributed by atoms with Gasteiger partial charge in [-0.3, -0.25) is 4.79 Å². The first-order chi connectivity index (χ1) is 18.6. The van der Waals surface area contributed by atoms with E-state index in [9.17, 15) is 9.59 Å². The molecule has 8 nitrogen and oxygen atoms in total. The van der Waals surface area contributed by atoms with E-state index in [1.54, 1.807) is 7.11 Å². The highest BCUT2D eigenvalue weighted by molar-refractivity contribution is 5.85. The molecule has 1 atom stereocenters. The molecule has 0 unspecified atom stereocenters. The summed E-state index contributed by atoms with van der Waals surface area (Å²) in [5, 5.41) is 1.13. The number of aromatic amines is 1. The van der Waals surface area contributed by atoms with E-state index in [-0.39, 0.29) is 24.6 Å². The van der Waals surface area contributed by atoms with Crippen LogP contribution in [0.1, 0.15) is 81.7 Å². The smallest absolute Gasteiger partial charge is 0.410 e. The predicted molar refractivity (Wildman–Crippen MR) is 152 cm³/mol. The third kappa shape index (κ3) is 5.53. The number of carbonyl (C=O) groups excluding carboxylic acids is 2. The summed E-state index contributed by atoms with van der Waals surface area (Å²) in [5.74, 6) is 0.364. The number of hydrogen-bond donors (Lipinski definition) is 1. The number of H-pyrrole nitrogens is 1. The lowest BCUT2D eigenvalue weighted by molar-refractivity contribution is -0.136. The maximum Gasteiger partial charge on any atom is 0.410 e. The molecule has 1 saturated heterocycles. The van der Waals surface area contributed by atoms with Gasteiger partial charge in [-0.25, -0.2) is 9.78 Å². The Hall–Kier alpha value is -3.39. The van der Waals surface area contributed by atoms with Gasteiger partial charge in [-0.1, -0.05) is 19.9 Å². The van der Waals surface area contributed by atoms with Gasteiger partial charge in [0.25, 0.3) is 0 Å². The van der Waals surface area contributed by atoms with Crippen molar-refractivity contribution >= 4 is 23.0 Å². The van der Waals surface area contributed by atoms with Crippen molar-refractivity contribution in [1.29, 1.82) is 0 Å². The summed E-state index contributed by atoms with van der Waals surface area (Å²) in [6.45, 7) is 11.9. The number of benzene rings is 1. The SMILES string of the molecule is COCC(=O)N1CCc2cc(-c3cnc4[nH]cc(C(C)C)c4c3)cc([C@@H]3CCCN3C(=O)OC(C)(C)C)c2C1. The Morgan fingerprint density at radius 3 is 2.67 bits per heavy atom. The topological polar surface area (TPSA) is 87.8 Å². The minimum atomic E-state index is -0.569. The number of hydrogen-bond acceptors (Lipinski definition) is 5. The number of pyridine rings is 1. The Morgan fingerprint density at radius 2 is 1.95 bits per heavy atom. The number of nitrogens with zero attached hydrogens (tertiary/aromatic N) is 3. The number of fused-ring (bicyclic) bond motifs is 2. The third-order valence-corrected chi connectivity index (χ3v) is 7.76. The maximum atomic E-state index is 13.3. The van der Waals surface area contributed by atoms with Crippen molar-refractivity contribution in [2.45, 2.75) is 78.0 Å². The van der Waals surface area contributed by atoms with Gasteiger partial charge in [-0.15, -0.1) is 0 Å². The standard InChI is InChI=1S/C31H40N4O4/c1-19(2)25-16-33-29-24(25)14-22(15-32-29)21-12-20-9-11-34(28(36)18-38-6)17-26(20)23(13-21)27-8-7-10-35(27)30(37)39-31(3,4)5/h12-16,19,27H,7-11,17-18H2,1-6H3,(H,32,33)/t27-/m0/s1. The largest absolute Gasteiger partial charge is 0.444 e. The van der Waals surface area contributed by atoms with Gasteiger partial charge >= 0.3 is 6.09 Å². The van der Waals surface area contributed by atoms with Crippen molar-refractivity contribution in [2.24, 2.45) is 0 Å². The van der Waals surface area contributed by atoms with Crippen LogP contribution < -0.4 is 0 Å². The minimum Gasteiger partial charge on any atom is -0.444 e. The normalized spacial score (nSPS) is 17.7. The lowest BCUT2D eigenvalue weighted by Gasteiger charge is -2.34. The van der Waals surface area contributed by atoms with E-state index < -0.39 is 5.60 Å². The van der Waals surface area contributed by atoms with Gasteiger partial charge in [0.05, 0.1) is 6.04 Å². The zero-order valence-corrected chi connectivity index (χ0v) is 24.0. The molecule has 0 saturated carbocycles. The van der Waals surface area contributed by atoms with Gasteiger partial charge in [-0.2, -0.15) is 0 Å². The van der Waals surface area contributed by atoms with Crippen molar-refractivity contribution in [3.8, 4) is 11.1 Å². The number of rotatable bonds is 5. The second kappa shape index (κ2) is 10.6. The predicted octanol–water partition coefficient (Wildman–Crippen LogP) is 5.96. The third-order valence-electron chi connectivity index (χ3n) is 7.76. The zero-order chi connectivity index (χ0) is 27.9.